The lowest BCUT2D eigenvalue weighted by atomic mass is 10.2. The maximum Gasteiger partial charge on any atom is 0.0967 e. The molecule has 1 heterocycles. The molecule has 0 spiro atoms. The van der Waals surface area contributed by atoms with E-state index >= 15 is 0 Å². The fourth-order valence-electron chi connectivity index (χ4n) is 0.943. The normalized spacial score (nSPS) is 12.8. The van der Waals surface area contributed by atoms with E-state index in [0.717, 1.165) is 10.2 Å². The third-order valence-corrected chi connectivity index (χ3v) is 2.09. The fourth-order valence-corrected chi connectivity index (χ4v) is 1.18. The molecule has 0 bridgehead atoms. The number of hydrogen-bond donors (Lipinski definition) is 1. The molecule has 0 aliphatic heterocycles. The second kappa shape index (κ2) is 5.32. The first-order chi connectivity index (χ1) is 6.24. The van der Waals surface area contributed by atoms with Crippen molar-refractivity contribution in [3.8, 4) is 0 Å². The Morgan fingerprint density at radius 3 is 2.92 bits per heavy atom. The molecule has 4 heteroatoms. The van der Waals surface area contributed by atoms with E-state index in [4.69, 9.17) is 9.84 Å². The van der Waals surface area contributed by atoms with Gasteiger partial charge >= 0.3 is 0 Å². The van der Waals surface area contributed by atoms with Gasteiger partial charge in [-0.1, -0.05) is 0 Å². The molecule has 3 nitrogen and oxygen atoms in total. The Hall–Kier alpha value is -0.450. The smallest absolute Gasteiger partial charge is 0.0967 e. The minimum Gasteiger partial charge on any atom is -0.394 e. The summed E-state index contributed by atoms with van der Waals surface area (Å²) in [7, 11) is 0. The molecule has 72 valence electrons. The van der Waals surface area contributed by atoms with E-state index in [0.29, 0.717) is 6.61 Å². The van der Waals surface area contributed by atoms with Crippen LogP contribution in [0, 0.1) is 0 Å². The van der Waals surface area contributed by atoms with Crippen LogP contribution >= 0.6 is 15.9 Å². The van der Waals surface area contributed by atoms with Gasteiger partial charge in [0.1, 0.15) is 0 Å². The van der Waals surface area contributed by atoms with Gasteiger partial charge in [0.2, 0.25) is 0 Å². The van der Waals surface area contributed by atoms with E-state index in [1.807, 2.05) is 19.1 Å². The lowest BCUT2D eigenvalue weighted by Crippen LogP contribution is -2.05. The molecule has 1 aromatic heterocycles. The molecule has 13 heavy (non-hydrogen) atoms. The van der Waals surface area contributed by atoms with Crippen molar-refractivity contribution in [3.05, 3.63) is 28.5 Å². The van der Waals surface area contributed by atoms with Gasteiger partial charge in [-0.15, -0.1) is 0 Å². The number of halogens is 1. The highest BCUT2D eigenvalue weighted by Gasteiger charge is 2.05. The molecule has 0 aliphatic rings. The summed E-state index contributed by atoms with van der Waals surface area (Å²) in [6.45, 7) is 2.30. The molecule has 0 aliphatic carbocycles. The summed E-state index contributed by atoms with van der Waals surface area (Å²) in [4.78, 5) is 4.18. The summed E-state index contributed by atoms with van der Waals surface area (Å²) in [6, 6.07) is 3.81. The molecule has 0 saturated carbocycles. The predicted molar refractivity (Wildman–Crippen MR) is 53.4 cm³/mol. The largest absolute Gasteiger partial charge is 0.394 e. The van der Waals surface area contributed by atoms with Crippen molar-refractivity contribution < 1.29 is 9.84 Å². The molecule has 0 aromatic carbocycles. The van der Waals surface area contributed by atoms with Crippen molar-refractivity contribution in [2.45, 2.75) is 13.0 Å². The molecule has 1 atom stereocenters. The van der Waals surface area contributed by atoms with Gasteiger partial charge in [-0.25, -0.2) is 0 Å². The first-order valence-corrected chi connectivity index (χ1v) is 4.87. The van der Waals surface area contributed by atoms with E-state index in [-0.39, 0.29) is 12.7 Å². The Morgan fingerprint density at radius 1 is 1.62 bits per heavy atom. The van der Waals surface area contributed by atoms with Gasteiger partial charge < -0.3 is 9.84 Å². The fraction of sp³-hybridized carbons (Fsp3) is 0.444. The van der Waals surface area contributed by atoms with Gasteiger partial charge in [0.15, 0.2) is 0 Å². The lowest BCUT2D eigenvalue weighted by Gasteiger charge is -2.10. The summed E-state index contributed by atoms with van der Waals surface area (Å²) in [6.07, 6.45) is 1.66. The number of ether oxygens (including phenoxy) is 1. The molecular formula is C9H12BrNO2. The van der Waals surface area contributed by atoms with Crippen molar-refractivity contribution in [2.75, 3.05) is 13.2 Å². The molecule has 1 rings (SSSR count). The number of rotatable bonds is 4. The van der Waals surface area contributed by atoms with Gasteiger partial charge in [0.25, 0.3) is 0 Å². The highest BCUT2D eigenvalue weighted by atomic mass is 79.9. The van der Waals surface area contributed by atoms with Crippen molar-refractivity contribution in [3.63, 3.8) is 0 Å². The molecule has 0 fully saturated rings. The van der Waals surface area contributed by atoms with Crippen LogP contribution in [-0.2, 0) is 4.74 Å². The van der Waals surface area contributed by atoms with E-state index in [2.05, 4.69) is 20.9 Å². The summed E-state index contributed by atoms with van der Waals surface area (Å²) in [5.74, 6) is 0. The van der Waals surface area contributed by atoms with Crippen LogP contribution < -0.4 is 0 Å². The molecule has 1 unspecified atom stereocenters. The maximum absolute atomic E-state index is 8.55. The molecule has 1 aromatic rings. The SMILES string of the molecule is CC(OCCO)c1ccc(Br)cn1. The standard InChI is InChI=1S/C9H12BrNO2/c1-7(13-5-4-12)9-3-2-8(10)6-11-9/h2-3,6-7,12H,4-5H2,1H3. The second-order valence-corrected chi connectivity index (χ2v) is 3.55. The average Bonchev–Trinajstić information content (AvgIpc) is 2.15. The van der Waals surface area contributed by atoms with Crippen LogP contribution in [-0.4, -0.2) is 23.3 Å². The molecule has 0 saturated heterocycles. The minimum absolute atomic E-state index is 0.0425. The molecule has 0 radical (unpaired) electrons. The Bertz CT molecular complexity index is 250. The number of aliphatic hydroxyl groups excluding tert-OH is 1. The monoisotopic (exact) mass is 245 g/mol. The van der Waals surface area contributed by atoms with E-state index in [1.54, 1.807) is 6.20 Å². The number of pyridine rings is 1. The number of aromatic nitrogens is 1. The second-order valence-electron chi connectivity index (χ2n) is 2.64. The van der Waals surface area contributed by atoms with Crippen molar-refractivity contribution in [1.82, 2.24) is 4.98 Å². The number of nitrogens with zero attached hydrogens (tertiary/aromatic N) is 1. The Balaban J connectivity index is 2.55. The summed E-state index contributed by atoms with van der Waals surface area (Å²) in [5.41, 5.74) is 0.872. The summed E-state index contributed by atoms with van der Waals surface area (Å²) >= 11 is 3.30. The van der Waals surface area contributed by atoms with Crippen molar-refractivity contribution in [1.29, 1.82) is 0 Å². The Morgan fingerprint density at radius 2 is 2.38 bits per heavy atom. The van der Waals surface area contributed by atoms with E-state index in [1.165, 1.54) is 0 Å². The van der Waals surface area contributed by atoms with Crippen molar-refractivity contribution >= 4 is 15.9 Å². The lowest BCUT2D eigenvalue weighted by molar-refractivity contribution is 0.0362. The van der Waals surface area contributed by atoms with Gasteiger partial charge in [0, 0.05) is 10.7 Å². The highest BCUT2D eigenvalue weighted by Crippen LogP contribution is 2.15. The topological polar surface area (TPSA) is 42.4 Å². The Labute approximate surface area is 85.9 Å². The molecular weight excluding hydrogens is 234 g/mol. The third kappa shape index (κ3) is 3.42. The van der Waals surface area contributed by atoms with Crippen molar-refractivity contribution in [2.24, 2.45) is 0 Å². The van der Waals surface area contributed by atoms with Crippen LogP contribution in [0.2, 0.25) is 0 Å². The van der Waals surface area contributed by atoms with Gasteiger partial charge in [0.05, 0.1) is 25.0 Å². The third-order valence-electron chi connectivity index (χ3n) is 1.63. The number of hydrogen-bond acceptors (Lipinski definition) is 3. The molecule has 0 amide bonds. The van der Waals surface area contributed by atoms with Gasteiger partial charge in [-0.3, -0.25) is 4.98 Å². The zero-order chi connectivity index (χ0) is 9.68. The van der Waals surface area contributed by atoms with Crippen LogP contribution in [0.25, 0.3) is 0 Å². The van der Waals surface area contributed by atoms with Crippen LogP contribution in [0.5, 0.6) is 0 Å². The molecule has 1 N–H and O–H groups in total. The van der Waals surface area contributed by atoms with Crippen LogP contribution in [0.15, 0.2) is 22.8 Å². The van der Waals surface area contributed by atoms with Crippen LogP contribution in [0.1, 0.15) is 18.7 Å². The highest BCUT2D eigenvalue weighted by molar-refractivity contribution is 9.10. The summed E-state index contributed by atoms with van der Waals surface area (Å²) in [5, 5.41) is 8.55. The Kier molecular flexibility index (Phi) is 4.35. The first-order valence-electron chi connectivity index (χ1n) is 4.08. The minimum atomic E-state index is -0.0692. The number of aliphatic hydroxyl groups is 1. The van der Waals surface area contributed by atoms with E-state index in [9.17, 15) is 0 Å². The predicted octanol–water partition coefficient (Wildman–Crippen LogP) is 1.91. The average molecular weight is 246 g/mol. The zero-order valence-electron chi connectivity index (χ0n) is 7.40. The maximum atomic E-state index is 8.55. The quantitative estimate of drug-likeness (QED) is 0.882. The first kappa shape index (κ1) is 10.6. The zero-order valence-corrected chi connectivity index (χ0v) is 8.99. The van der Waals surface area contributed by atoms with E-state index < -0.39 is 0 Å². The van der Waals surface area contributed by atoms with Gasteiger partial charge in [-0.2, -0.15) is 0 Å². The van der Waals surface area contributed by atoms with Crippen LogP contribution in [0.4, 0.5) is 0 Å². The van der Waals surface area contributed by atoms with Crippen LogP contribution in [0.3, 0.4) is 0 Å². The van der Waals surface area contributed by atoms with Gasteiger partial charge in [-0.05, 0) is 35.0 Å². The summed E-state index contributed by atoms with van der Waals surface area (Å²) < 4.78 is 6.24.